The molecule has 0 bridgehead atoms. The van der Waals surface area contributed by atoms with Crippen molar-refractivity contribution < 1.29 is 12.9 Å². The van der Waals surface area contributed by atoms with Crippen molar-refractivity contribution in [2.24, 2.45) is 0 Å². The molecule has 0 spiro atoms. The Labute approximate surface area is 92.6 Å². The fraction of sp³-hybridized carbons (Fsp3) is 0.273. The van der Waals surface area contributed by atoms with E-state index in [1.165, 1.54) is 0 Å². The Balaban J connectivity index is 2.12. The molecule has 1 aliphatic heterocycles. The molecule has 16 heavy (non-hydrogen) atoms. The predicted molar refractivity (Wildman–Crippen MR) is 60.6 cm³/mol. The highest BCUT2D eigenvalue weighted by Crippen LogP contribution is 2.29. The molecule has 1 heterocycles. The van der Waals surface area contributed by atoms with Gasteiger partial charge in [-0.2, -0.15) is 0 Å². The molecule has 0 N–H and O–H groups in total. The molecular formula is C11H12BF3N-. The van der Waals surface area contributed by atoms with Crippen molar-refractivity contribution in [2.75, 3.05) is 18.0 Å². The smallest absolute Gasteiger partial charge is 0.445 e. The molecule has 0 aromatic heterocycles. The molecule has 0 saturated heterocycles. The number of hydrogen-bond acceptors (Lipinski definition) is 1. The first kappa shape index (κ1) is 11.1. The first-order valence-electron chi connectivity index (χ1n) is 5.19. The Bertz CT molecular complexity index is 414. The third-order valence-corrected chi connectivity index (χ3v) is 2.84. The lowest BCUT2D eigenvalue weighted by molar-refractivity contribution is 0.488. The minimum absolute atomic E-state index is 0.111. The molecule has 1 aromatic rings. The van der Waals surface area contributed by atoms with Crippen LogP contribution in [0.3, 0.4) is 0 Å². The molecule has 1 aliphatic rings. The lowest BCUT2D eigenvalue weighted by atomic mass is 9.80. The maximum atomic E-state index is 12.4. The van der Waals surface area contributed by atoms with E-state index < -0.39 is 12.4 Å². The van der Waals surface area contributed by atoms with Gasteiger partial charge < -0.3 is 17.8 Å². The molecule has 0 fully saturated rings. The lowest BCUT2D eigenvalue weighted by Gasteiger charge is -2.26. The Kier molecular flexibility index (Phi) is 2.70. The normalized spacial score (nSPS) is 15.1. The molecule has 1 aromatic carbocycles. The largest absolute Gasteiger partial charge is 0.506 e. The molecule has 0 aliphatic carbocycles. The molecule has 0 atom stereocenters. The van der Waals surface area contributed by atoms with Crippen LogP contribution < -0.4 is 4.90 Å². The Morgan fingerprint density at radius 1 is 1.31 bits per heavy atom. The molecule has 1 nitrogen and oxygen atoms in total. The number of halogens is 3. The van der Waals surface area contributed by atoms with Crippen LogP contribution in [0.5, 0.6) is 0 Å². The lowest BCUT2D eigenvalue weighted by Crippen LogP contribution is -2.31. The monoisotopic (exact) mass is 226 g/mol. The van der Waals surface area contributed by atoms with Gasteiger partial charge in [0, 0.05) is 18.8 Å². The van der Waals surface area contributed by atoms with Crippen LogP contribution in [-0.2, 0) is 6.42 Å². The zero-order chi connectivity index (χ0) is 11.8. The summed E-state index contributed by atoms with van der Waals surface area (Å²) in [7, 11) is 0. The summed E-state index contributed by atoms with van der Waals surface area (Å²) in [5, 5.41) is 0. The SMILES string of the molecule is C=C(CN1CCc2ccccc21)[B-](F)(F)F. The van der Waals surface area contributed by atoms with Crippen LogP contribution in [0.25, 0.3) is 0 Å². The fourth-order valence-electron chi connectivity index (χ4n) is 1.92. The molecule has 0 saturated carbocycles. The van der Waals surface area contributed by atoms with Gasteiger partial charge in [0.25, 0.3) is 0 Å². The van der Waals surface area contributed by atoms with Gasteiger partial charge in [-0.3, -0.25) is 0 Å². The van der Waals surface area contributed by atoms with E-state index >= 15 is 0 Å². The molecule has 0 amide bonds. The molecule has 5 heteroatoms. The molecule has 0 radical (unpaired) electrons. The second-order valence-electron chi connectivity index (χ2n) is 4.03. The molecule has 86 valence electrons. The summed E-state index contributed by atoms with van der Waals surface area (Å²) >= 11 is 0. The highest BCUT2D eigenvalue weighted by molar-refractivity contribution is 6.66. The molecule has 2 rings (SSSR count). The first-order valence-corrected chi connectivity index (χ1v) is 5.19. The van der Waals surface area contributed by atoms with Gasteiger partial charge in [-0.25, -0.2) is 0 Å². The molecular weight excluding hydrogens is 214 g/mol. The van der Waals surface area contributed by atoms with Gasteiger partial charge in [-0.05, 0) is 18.1 Å². The van der Waals surface area contributed by atoms with E-state index in [1.54, 1.807) is 4.90 Å². The number of nitrogens with zero attached hydrogens (tertiary/aromatic N) is 1. The summed E-state index contributed by atoms with van der Waals surface area (Å²) in [5.41, 5.74) is 1.39. The summed E-state index contributed by atoms with van der Waals surface area (Å²) in [6.07, 6.45) is 0.814. The number of rotatable bonds is 3. The van der Waals surface area contributed by atoms with Crippen LogP contribution in [0.4, 0.5) is 18.6 Å². The van der Waals surface area contributed by atoms with Crippen LogP contribution in [0.2, 0.25) is 0 Å². The fourth-order valence-corrected chi connectivity index (χ4v) is 1.92. The highest BCUT2D eigenvalue weighted by Gasteiger charge is 2.29. The van der Waals surface area contributed by atoms with Crippen molar-refractivity contribution in [2.45, 2.75) is 6.42 Å². The summed E-state index contributed by atoms with van der Waals surface area (Å²) in [6.45, 7) is -1.26. The van der Waals surface area contributed by atoms with Gasteiger partial charge in [0.1, 0.15) is 0 Å². The van der Waals surface area contributed by atoms with Crippen molar-refractivity contribution >= 4 is 12.7 Å². The number of fused-ring (bicyclic) bond motifs is 1. The van der Waals surface area contributed by atoms with E-state index in [-0.39, 0.29) is 6.54 Å². The van der Waals surface area contributed by atoms with E-state index in [0.717, 1.165) is 17.7 Å². The van der Waals surface area contributed by atoms with Crippen LogP contribution in [-0.4, -0.2) is 20.1 Å². The summed E-state index contributed by atoms with van der Waals surface area (Å²) < 4.78 is 37.2. The quantitative estimate of drug-likeness (QED) is 0.716. The topological polar surface area (TPSA) is 3.24 Å². The van der Waals surface area contributed by atoms with Crippen LogP contribution in [0, 0.1) is 0 Å². The van der Waals surface area contributed by atoms with Crippen molar-refractivity contribution in [3.8, 4) is 0 Å². The first-order chi connectivity index (χ1) is 7.48. The Hall–Kier alpha value is -1.39. The van der Waals surface area contributed by atoms with Crippen molar-refractivity contribution in [3.63, 3.8) is 0 Å². The van der Waals surface area contributed by atoms with E-state index in [4.69, 9.17) is 0 Å². The Morgan fingerprint density at radius 2 is 2.00 bits per heavy atom. The van der Waals surface area contributed by atoms with E-state index in [9.17, 15) is 12.9 Å². The second-order valence-corrected chi connectivity index (χ2v) is 4.03. The zero-order valence-corrected chi connectivity index (χ0v) is 8.80. The Morgan fingerprint density at radius 3 is 2.69 bits per heavy atom. The number of benzene rings is 1. The summed E-state index contributed by atoms with van der Waals surface area (Å²) in [6, 6.07) is 7.57. The van der Waals surface area contributed by atoms with Gasteiger partial charge in [0.15, 0.2) is 0 Å². The average molecular weight is 226 g/mol. The van der Waals surface area contributed by atoms with Gasteiger partial charge in [-0.15, -0.1) is 12.1 Å². The van der Waals surface area contributed by atoms with Gasteiger partial charge in [0.05, 0.1) is 0 Å². The number of para-hydroxylation sites is 1. The van der Waals surface area contributed by atoms with Crippen LogP contribution in [0.15, 0.2) is 36.3 Å². The molecule has 0 unspecified atom stereocenters. The summed E-state index contributed by atoms with van der Waals surface area (Å²) in [4.78, 5) is 1.74. The van der Waals surface area contributed by atoms with Gasteiger partial charge >= 0.3 is 6.98 Å². The zero-order valence-electron chi connectivity index (χ0n) is 8.80. The minimum atomic E-state index is -4.92. The summed E-state index contributed by atoms with van der Waals surface area (Å²) in [5.74, 6) is 0. The highest BCUT2D eigenvalue weighted by atomic mass is 19.4. The van der Waals surface area contributed by atoms with Crippen molar-refractivity contribution in [1.82, 2.24) is 0 Å². The third-order valence-electron chi connectivity index (χ3n) is 2.84. The van der Waals surface area contributed by atoms with E-state index in [0.29, 0.717) is 6.54 Å². The average Bonchev–Trinajstić information content (AvgIpc) is 2.61. The van der Waals surface area contributed by atoms with Crippen LogP contribution >= 0.6 is 0 Å². The predicted octanol–water partition coefficient (Wildman–Crippen LogP) is 2.99. The van der Waals surface area contributed by atoms with E-state index in [1.807, 2.05) is 24.3 Å². The standard InChI is InChI=1S/C11H12BF3N/c1-9(12(13,14)15)8-16-7-6-10-4-2-3-5-11(10)16/h2-5H,1,6-8H2/q-1. The van der Waals surface area contributed by atoms with Gasteiger partial charge in [0.2, 0.25) is 0 Å². The van der Waals surface area contributed by atoms with Crippen molar-refractivity contribution in [3.05, 3.63) is 41.9 Å². The number of hydrogen-bond donors (Lipinski definition) is 0. The van der Waals surface area contributed by atoms with Gasteiger partial charge in [-0.1, -0.05) is 18.2 Å². The third kappa shape index (κ3) is 2.08. The van der Waals surface area contributed by atoms with E-state index in [2.05, 4.69) is 6.58 Å². The maximum absolute atomic E-state index is 12.4. The second kappa shape index (κ2) is 3.89. The maximum Gasteiger partial charge on any atom is 0.506 e. The minimum Gasteiger partial charge on any atom is -0.445 e. The number of anilines is 1. The van der Waals surface area contributed by atoms with Crippen LogP contribution in [0.1, 0.15) is 5.56 Å². The van der Waals surface area contributed by atoms with Crippen molar-refractivity contribution in [1.29, 1.82) is 0 Å².